The van der Waals surface area contributed by atoms with Crippen LogP contribution in [0.4, 0.5) is 37.7 Å². The lowest BCUT2D eigenvalue weighted by Gasteiger charge is -2.24. The molecule has 1 N–H and O–H groups in total. The van der Waals surface area contributed by atoms with Crippen LogP contribution in [-0.2, 0) is 17.5 Å². The third-order valence-corrected chi connectivity index (χ3v) is 3.50. The molecule has 0 aliphatic carbocycles. The standard InChI is InChI=1S/C17H14F6N2O/c1-25(10-11-5-3-2-4-6-11)14-8-7-12(16(18,19)20)9-13(14)24-15(26)17(21,22)23/h2-9H,10H2,1H3,(H,24,26). The molecule has 0 unspecified atom stereocenters. The molecule has 1 amide bonds. The molecule has 0 atom stereocenters. The average Bonchev–Trinajstić information content (AvgIpc) is 2.54. The number of benzene rings is 2. The summed E-state index contributed by atoms with van der Waals surface area (Å²) < 4.78 is 76.1. The van der Waals surface area contributed by atoms with Gasteiger partial charge in [0, 0.05) is 13.6 Å². The Morgan fingerprint density at radius 3 is 2.15 bits per heavy atom. The fourth-order valence-corrected chi connectivity index (χ4v) is 2.28. The Balaban J connectivity index is 2.38. The molecule has 26 heavy (non-hydrogen) atoms. The van der Waals surface area contributed by atoms with Crippen LogP contribution in [0.25, 0.3) is 0 Å². The van der Waals surface area contributed by atoms with Crippen molar-refractivity contribution in [2.24, 2.45) is 0 Å². The molecule has 9 heteroatoms. The zero-order valence-electron chi connectivity index (χ0n) is 13.4. The van der Waals surface area contributed by atoms with Gasteiger partial charge in [0.1, 0.15) is 0 Å². The normalized spacial score (nSPS) is 12.0. The fourth-order valence-electron chi connectivity index (χ4n) is 2.28. The Bertz CT molecular complexity index is 771. The van der Waals surface area contributed by atoms with Gasteiger partial charge < -0.3 is 10.2 Å². The summed E-state index contributed by atoms with van der Waals surface area (Å²) in [6.45, 7) is 0.223. The number of nitrogens with zero attached hydrogens (tertiary/aromatic N) is 1. The third-order valence-electron chi connectivity index (χ3n) is 3.50. The lowest BCUT2D eigenvalue weighted by molar-refractivity contribution is -0.167. The van der Waals surface area contributed by atoms with E-state index in [1.807, 2.05) is 0 Å². The minimum Gasteiger partial charge on any atom is -0.369 e. The predicted octanol–water partition coefficient (Wildman–Crippen LogP) is 4.84. The van der Waals surface area contributed by atoms with Crippen LogP contribution in [0.1, 0.15) is 11.1 Å². The van der Waals surface area contributed by atoms with Gasteiger partial charge in [-0.15, -0.1) is 0 Å². The first kappa shape index (κ1) is 19.6. The van der Waals surface area contributed by atoms with Gasteiger partial charge in [0.15, 0.2) is 0 Å². The number of carbonyl (C=O) groups is 1. The van der Waals surface area contributed by atoms with Crippen molar-refractivity contribution in [1.29, 1.82) is 0 Å². The van der Waals surface area contributed by atoms with E-state index in [4.69, 9.17) is 0 Å². The number of amides is 1. The average molecular weight is 376 g/mol. The van der Waals surface area contributed by atoms with Crippen LogP contribution < -0.4 is 10.2 Å². The molecule has 140 valence electrons. The van der Waals surface area contributed by atoms with E-state index in [2.05, 4.69) is 0 Å². The van der Waals surface area contributed by atoms with Crippen molar-refractivity contribution in [2.75, 3.05) is 17.3 Å². The monoisotopic (exact) mass is 376 g/mol. The van der Waals surface area contributed by atoms with Crippen LogP contribution in [0.3, 0.4) is 0 Å². The zero-order chi connectivity index (χ0) is 19.5. The highest BCUT2D eigenvalue weighted by molar-refractivity contribution is 5.98. The van der Waals surface area contributed by atoms with Crippen molar-refractivity contribution in [1.82, 2.24) is 0 Å². The van der Waals surface area contributed by atoms with Crippen LogP contribution >= 0.6 is 0 Å². The Morgan fingerprint density at radius 1 is 1.00 bits per heavy atom. The second kappa shape index (κ2) is 7.27. The minimum absolute atomic E-state index is 0.0273. The number of carbonyl (C=O) groups excluding carboxylic acids is 1. The first-order chi connectivity index (χ1) is 12.0. The summed E-state index contributed by atoms with van der Waals surface area (Å²) in [6, 6.07) is 11.1. The van der Waals surface area contributed by atoms with Gasteiger partial charge in [-0.1, -0.05) is 30.3 Å². The predicted molar refractivity (Wildman–Crippen MR) is 84.7 cm³/mol. The zero-order valence-corrected chi connectivity index (χ0v) is 13.4. The Hall–Kier alpha value is -2.71. The molecule has 0 saturated carbocycles. The van der Waals surface area contributed by atoms with Gasteiger partial charge in [-0.2, -0.15) is 26.3 Å². The number of rotatable bonds is 4. The highest BCUT2D eigenvalue weighted by Gasteiger charge is 2.39. The van der Waals surface area contributed by atoms with Crippen LogP contribution in [0.5, 0.6) is 0 Å². The van der Waals surface area contributed by atoms with E-state index in [9.17, 15) is 31.1 Å². The second-order valence-electron chi connectivity index (χ2n) is 5.52. The number of alkyl halides is 6. The Labute approximate surface area is 145 Å². The SMILES string of the molecule is CN(Cc1ccccc1)c1ccc(C(F)(F)F)cc1NC(=O)C(F)(F)F. The summed E-state index contributed by atoms with van der Waals surface area (Å²) >= 11 is 0. The number of anilines is 2. The summed E-state index contributed by atoms with van der Waals surface area (Å²) in [5.74, 6) is -2.34. The van der Waals surface area contributed by atoms with Crippen molar-refractivity contribution in [3.05, 3.63) is 59.7 Å². The van der Waals surface area contributed by atoms with E-state index in [1.54, 1.807) is 30.3 Å². The Kier molecular flexibility index (Phi) is 5.48. The van der Waals surface area contributed by atoms with Gasteiger partial charge in [0.05, 0.1) is 16.9 Å². The van der Waals surface area contributed by atoms with Crippen molar-refractivity contribution >= 4 is 17.3 Å². The number of hydrogen-bond donors (Lipinski definition) is 1. The number of nitrogens with one attached hydrogen (secondary N) is 1. The van der Waals surface area contributed by atoms with Gasteiger partial charge in [-0.25, -0.2) is 0 Å². The van der Waals surface area contributed by atoms with Crippen LogP contribution in [0.2, 0.25) is 0 Å². The van der Waals surface area contributed by atoms with E-state index in [1.165, 1.54) is 17.3 Å². The Morgan fingerprint density at radius 2 is 1.62 bits per heavy atom. The topological polar surface area (TPSA) is 32.3 Å². The molecule has 2 rings (SSSR count). The molecule has 0 aliphatic rings. The van der Waals surface area contributed by atoms with E-state index in [-0.39, 0.29) is 12.2 Å². The highest BCUT2D eigenvalue weighted by atomic mass is 19.4. The first-order valence-electron chi connectivity index (χ1n) is 7.33. The fraction of sp³-hybridized carbons (Fsp3) is 0.235. The maximum Gasteiger partial charge on any atom is 0.471 e. The molecule has 3 nitrogen and oxygen atoms in total. The van der Waals surface area contributed by atoms with Crippen LogP contribution in [0.15, 0.2) is 48.5 Å². The molecule has 2 aromatic rings. The van der Waals surface area contributed by atoms with Gasteiger partial charge >= 0.3 is 18.3 Å². The molecule has 0 spiro atoms. The van der Waals surface area contributed by atoms with E-state index < -0.39 is 29.5 Å². The summed E-state index contributed by atoms with van der Waals surface area (Å²) in [6.07, 6.45) is -9.97. The summed E-state index contributed by atoms with van der Waals surface area (Å²) in [4.78, 5) is 12.6. The van der Waals surface area contributed by atoms with E-state index >= 15 is 0 Å². The van der Waals surface area contributed by atoms with Gasteiger partial charge in [-0.3, -0.25) is 4.79 Å². The molecule has 0 radical (unpaired) electrons. The van der Waals surface area contributed by atoms with Crippen molar-refractivity contribution < 1.29 is 31.1 Å². The largest absolute Gasteiger partial charge is 0.471 e. The van der Waals surface area contributed by atoms with Crippen molar-refractivity contribution in [3.8, 4) is 0 Å². The maximum atomic E-state index is 12.9. The molecule has 0 aliphatic heterocycles. The van der Waals surface area contributed by atoms with Gasteiger partial charge in [-0.05, 0) is 23.8 Å². The van der Waals surface area contributed by atoms with Gasteiger partial charge in [0.2, 0.25) is 0 Å². The molecule has 0 saturated heterocycles. The summed E-state index contributed by atoms with van der Waals surface area (Å²) in [7, 11) is 1.50. The minimum atomic E-state index is -5.22. The van der Waals surface area contributed by atoms with Crippen molar-refractivity contribution in [2.45, 2.75) is 18.9 Å². The van der Waals surface area contributed by atoms with Crippen LogP contribution in [-0.4, -0.2) is 19.1 Å². The maximum absolute atomic E-state index is 12.9. The number of hydrogen-bond acceptors (Lipinski definition) is 2. The summed E-state index contributed by atoms with van der Waals surface area (Å²) in [5, 5.41) is 1.52. The van der Waals surface area contributed by atoms with E-state index in [0.29, 0.717) is 6.07 Å². The molecule has 0 fully saturated rings. The van der Waals surface area contributed by atoms with Gasteiger partial charge in [0.25, 0.3) is 0 Å². The molecule has 0 heterocycles. The summed E-state index contributed by atoms with van der Waals surface area (Å²) in [5.41, 5.74) is -0.908. The quantitative estimate of drug-likeness (QED) is 0.775. The van der Waals surface area contributed by atoms with Crippen LogP contribution in [0, 0.1) is 0 Å². The lowest BCUT2D eigenvalue weighted by Crippen LogP contribution is -2.31. The molecule has 2 aromatic carbocycles. The second-order valence-corrected chi connectivity index (χ2v) is 5.52. The third kappa shape index (κ3) is 4.90. The lowest BCUT2D eigenvalue weighted by atomic mass is 10.1. The first-order valence-corrected chi connectivity index (χ1v) is 7.33. The smallest absolute Gasteiger partial charge is 0.369 e. The molecular formula is C17H14F6N2O. The van der Waals surface area contributed by atoms with Crippen molar-refractivity contribution in [3.63, 3.8) is 0 Å². The molecular weight excluding hydrogens is 362 g/mol. The number of halogens is 6. The highest BCUT2D eigenvalue weighted by Crippen LogP contribution is 2.36. The molecule has 0 bridgehead atoms. The molecule has 0 aromatic heterocycles. The van der Waals surface area contributed by atoms with E-state index in [0.717, 1.165) is 17.7 Å².